The Labute approximate surface area is 91.5 Å². The first-order chi connectivity index (χ1) is 7.36. The maximum atomic E-state index is 5.40. The Morgan fingerprint density at radius 1 is 1.07 bits per heavy atom. The van der Waals surface area contributed by atoms with E-state index in [0.717, 1.165) is 5.56 Å². The second-order valence-corrected chi connectivity index (χ2v) is 3.05. The fourth-order valence-corrected chi connectivity index (χ4v) is 1.24. The summed E-state index contributed by atoms with van der Waals surface area (Å²) >= 11 is 0. The summed E-state index contributed by atoms with van der Waals surface area (Å²) in [6.07, 6.45) is 3.71. The molecule has 0 spiro atoms. The van der Waals surface area contributed by atoms with Gasteiger partial charge in [-0.2, -0.15) is 0 Å². The lowest BCUT2D eigenvalue weighted by atomic mass is 10.2. The van der Waals surface area contributed by atoms with E-state index < -0.39 is 0 Å². The number of benzene rings is 1. The van der Waals surface area contributed by atoms with E-state index in [0.29, 0.717) is 13.2 Å². The predicted molar refractivity (Wildman–Crippen MR) is 62.5 cm³/mol. The van der Waals surface area contributed by atoms with Crippen LogP contribution in [0.1, 0.15) is 19.4 Å². The van der Waals surface area contributed by atoms with Crippen molar-refractivity contribution >= 4 is 6.08 Å². The molecule has 2 heteroatoms. The van der Waals surface area contributed by atoms with Gasteiger partial charge in [0.25, 0.3) is 0 Å². The summed E-state index contributed by atoms with van der Waals surface area (Å²) in [6.45, 7) is 5.23. The number of rotatable bonds is 6. The standard InChI is InChI=1S/C13H18O2/c1-3-14-13(15-4-2)11-10-12-8-6-5-7-9-12/h5-11,13H,3-4H2,1-2H3/b11-10+. The molecule has 0 aliphatic rings. The van der Waals surface area contributed by atoms with Crippen molar-refractivity contribution in [2.75, 3.05) is 13.2 Å². The van der Waals surface area contributed by atoms with Crippen molar-refractivity contribution in [3.05, 3.63) is 42.0 Å². The average Bonchev–Trinajstić information content (AvgIpc) is 2.28. The molecule has 0 unspecified atom stereocenters. The summed E-state index contributed by atoms with van der Waals surface area (Å²) in [7, 11) is 0. The van der Waals surface area contributed by atoms with Crippen LogP contribution in [0, 0.1) is 0 Å². The molecule has 1 aromatic carbocycles. The van der Waals surface area contributed by atoms with Crippen LogP contribution in [0.25, 0.3) is 6.08 Å². The third kappa shape index (κ3) is 4.77. The summed E-state index contributed by atoms with van der Waals surface area (Å²) in [4.78, 5) is 0. The van der Waals surface area contributed by atoms with Crippen LogP contribution in [-0.4, -0.2) is 19.5 Å². The van der Waals surface area contributed by atoms with Crippen LogP contribution < -0.4 is 0 Å². The molecule has 1 rings (SSSR count). The molecule has 15 heavy (non-hydrogen) atoms. The zero-order valence-corrected chi connectivity index (χ0v) is 9.35. The van der Waals surface area contributed by atoms with Crippen LogP contribution in [0.4, 0.5) is 0 Å². The SMILES string of the molecule is CCOC(/C=C/c1ccccc1)OCC. The molecule has 0 fully saturated rings. The zero-order chi connectivity index (χ0) is 10.9. The Morgan fingerprint density at radius 2 is 1.67 bits per heavy atom. The number of hydrogen-bond donors (Lipinski definition) is 0. The molecule has 0 bridgehead atoms. The minimum absolute atomic E-state index is 0.236. The average molecular weight is 206 g/mol. The van der Waals surface area contributed by atoms with Crippen LogP contribution in [0.5, 0.6) is 0 Å². The minimum atomic E-state index is -0.236. The van der Waals surface area contributed by atoms with Gasteiger partial charge in [0.05, 0.1) is 0 Å². The van der Waals surface area contributed by atoms with E-state index in [1.165, 1.54) is 0 Å². The molecule has 82 valence electrons. The van der Waals surface area contributed by atoms with Crippen molar-refractivity contribution in [3.63, 3.8) is 0 Å². The van der Waals surface area contributed by atoms with Crippen molar-refractivity contribution < 1.29 is 9.47 Å². The fraction of sp³-hybridized carbons (Fsp3) is 0.385. The maximum Gasteiger partial charge on any atom is 0.177 e. The summed E-state index contributed by atoms with van der Waals surface area (Å²) in [5, 5.41) is 0. The lowest BCUT2D eigenvalue weighted by molar-refractivity contribution is -0.103. The van der Waals surface area contributed by atoms with Crippen molar-refractivity contribution in [3.8, 4) is 0 Å². The second kappa shape index (κ2) is 7.21. The van der Waals surface area contributed by atoms with E-state index in [-0.39, 0.29) is 6.29 Å². The molecule has 0 heterocycles. The molecule has 0 aromatic heterocycles. The summed E-state index contributed by atoms with van der Waals surface area (Å²) < 4.78 is 10.8. The van der Waals surface area contributed by atoms with Gasteiger partial charge in [0.1, 0.15) is 0 Å². The highest BCUT2D eigenvalue weighted by atomic mass is 16.7. The summed E-state index contributed by atoms with van der Waals surface area (Å²) in [5.74, 6) is 0. The van der Waals surface area contributed by atoms with Gasteiger partial charge in [0.15, 0.2) is 6.29 Å². The lowest BCUT2D eigenvalue weighted by Gasteiger charge is -2.12. The smallest absolute Gasteiger partial charge is 0.177 e. The molecule has 2 nitrogen and oxygen atoms in total. The van der Waals surface area contributed by atoms with Gasteiger partial charge >= 0.3 is 0 Å². The molecular formula is C13H18O2. The topological polar surface area (TPSA) is 18.5 Å². The Kier molecular flexibility index (Phi) is 5.74. The van der Waals surface area contributed by atoms with Crippen molar-refractivity contribution in [2.45, 2.75) is 20.1 Å². The highest BCUT2D eigenvalue weighted by Gasteiger charge is 2.01. The molecule has 0 atom stereocenters. The molecule has 1 aromatic rings. The van der Waals surface area contributed by atoms with E-state index in [4.69, 9.17) is 9.47 Å². The molecular weight excluding hydrogens is 188 g/mol. The molecule has 0 amide bonds. The largest absolute Gasteiger partial charge is 0.349 e. The first-order valence-electron chi connectivity index (χ1n) is 5.33. The van der Waals surface area contributed by atoms with Gasteiger partial charge in [-0.05, 0) is 25.5 Å². The van der Waals surface area contributed by atoms with E-state index in [9.17, 15) is 0 Å². The fourth-order valence-electron chi connectivity index (χ4n) is 1.24. The first kappa shape index (κ1) is 12.0. The Balaban J connectivity index is 2.53. The molecule has 0 radical (unpaired) electrons. The third-order valence-corrected chi connectivity index (χ3v) is 1.91. The normalized spacial score (nSPS) is 11.4. The van der Waals surface area contributed by atoms with Crippen LogP contribution in [0.2, 0.25) is 0 Å². The van der Waals surface area contributed by atoms with Gasteiger partial charge in [-0.15, -0.1) is 0 Å². The minimum Gasteiger partial charge on any atom is -0.349 e. The Hall–Kier alpha value is -1.12. The van der Waals surface area contributed by atoms with Crippen LogP contribution in [0.3, 0.4) is 0 Å². The van der Waals surface area contributed by atoms with E-state index in [2.05, 4.69) is 0 Å². The predicted octanol–water partition coefficient (Wildman–Crippen LogP) is 3.10. The van der Waals surface area contributed by atoms with Crippen LogP contribution in [-0.2, 0) is 9.47 Å². The first-order valence-corrected chi connectivity index (χ1v) is 5.33. The van der Waals surface area contributed by atoms with Crippen LogP contribution >= 0.6 is 0 Å². The van der Waals surface area contributed by atoms with Gasteiger partial charge < -0.3 is 9.47 Å². The summed E-state index contributed by atoms with van der Waals surface area (Å²) in [5.41, 5.74) is 1.15. The van der Waals surface area contributed by atoms with Gasteiger partial charge in [0.2, 0.25) is 0 Å². The van der Waals surface area contributed by atoms with Gasteiger partial charge in [-0.1, -0.05) is 36.4 Å². The van der Waals surface area contributed by atoms with E-state index >= 15 is 0 Å². The highest BCUT2D eigenvalue weighted by molar-refractivity contribution is 5.48. The highest BCUT2D eigenvalue weighted by Crippen LogP contribution is 2.04. The molecule has 0 saturated carbocycles. The Morgan fingerprint density at radius 3 is 2.20 bits per heavy atom. The van der Waals surface area contributed by atoms with Gasteiger partial charge in [-0.25, -0.2) is 0 Å². The maximum absolute atomic E-state index is 5.40. The molecule has 0 N–H and O–H groups in total. The van der Waals surface area contributed by atoms with E-state index in [1.807, 2.05) is 56.3 Å². The van der Waals surface area contributed by atoms with Crippen molar-refractivity contribution in [1.82, 2.24) is 0 Å². The van der Waals surface area contributed by atoms with Crippen LogP contribution in [0.15, 0.2) is 36.4 Å². The van der Waals surface area contributed by atoms with Crippen molar-refractivity contribution in [2.24, 2.45) is 0 Å². The number of ether oxygens (including phenoxy) is 2. The quantitative estimate of drug-likeness (QED) is 0.666. The monoisotopic (exact) mass is 206 g/mol. The summed E-state index contributed by atoms with van der Waals surface area (Å²) in [6, 6.07) is 10.1. The van der Waals surface area contributed by atoms with Gasteiger partial charge in [-0.3, -0.25) is 0 Å². The second-order valence-electron chi connectivity index (χ2n) is 3.05. The number of hydrogen-bond acceptors (Lipinski definition) is 2. The lowest BCUT2D eigenvalue weighted by Crippen LogP contribution is -2.13. The molecule has 0 aliphatic heterocycles. The van der Waals surface area contributed by atoms with Gasteiger partial charge in [0, 0.05) is 13.2 Å². The molecule has 0 saturated heterocycles. The third-order valence-electron chi connectivity index (χ3n) is 1.91. The van der Waals surface area contributed by atoms with E-state index in [1.54, 1.807) is 0 Å². The zero-order valence-electron chi connectivity index (χ0n) is 9.35. The molecule has 0 aliphatic carbocycles. The van der Waals surface area contributed by atoms with Crippen molar-refractivity contribution in [1.29, 1.82) is 0 Å². The Bertz CT molecular complexity index is 274.